The Morgan fingerprint density at radius 2 is 1.98 bits per heavy atom. The van der Waals surface area contributed by atoms with Gasteiger partial charge in [-0.2, -0.15) is 9.36 Å². The maximum atomic E-state index is 13.2. The summed E-state index contributed by atoms with van der Waals surface area (Å²) in [5, 5.41) is 31.3. The first-order valence-corrected chi connectivity index (χ1v) is 14.9. The van der Waals surface area contributed by atoms with E-state index in [2.05, 4.69) is 30.5 Å². The number of rotatable bonds is 14. The number of nitrogen functional groups attached to an aromatic ring is 1. The van der Waals surface area contributed by atoms with Crippen molar-refractivity contribution in [1.29, 1.82) is 0 Å². The number of carboxylic acid groups (broad SMARTS) is 2. The molecule has 2 amide bonds. The van der Waals surface area contributed by atoms with Crippen molar-refractivity contribution in [1.82, 2.24) is 24.9 Å². The monoisotopic (exact) mass is 634 g/mol. The molecule has 43 heavy (non-hydrogen) atoms. The van der Waals surface area contributed by atoms with E-state index in [9.17, 15) is 29.4 Å². The number of hydrogen-bond acceptors (Lipinski definition) is 13. The average Bonchev–Trinajstić information content (AvgIpc) is 3.40. The van der Waals surface area contributed by atoms with Gasteiger partial charge >= 0.3 is 11.9 Å². The van der Waals surface area contributed by atoms with Crippen molar-refractivity contribution in [2.24, 2.45) is 5.16 Å². The van der Waals surface area contributed by atoms with Crippen LogP contribution in [0.2, 0.25) is 0 Å². The molecule has 230 valence electrons. The van der Waals surface area contributed by atoms with Crippen molar-refractivity contribution >= 4 is 63.6 Å². The zero-order chi connectivity index (χ0) is 31.3. The Morgan fingerprint density at radius 1 is 1.26 bits per heavy atom. The number of carboxylic acids is 2. The van der Waals surface area contributed by atoms with Crippen LogP contribution in [0.5, 0.6) is 0 Å². The topological polar surface area (TPSA) is 225 Å². The van der Waals surface area contributed by atoms with Gasteiger partial charge in [0.05, 0.1) is 0 Å². The number of aromatic nitrogens is 3. The number of anilines is 2. The standard InChI is InChI=1S/C25H31N9O7S2/c1-25(2,23(39)40)41-31-15(18-30-24(26)43-32-18)19(35)29-16-20(36)34-17(22(37)38)13(12-42-21(16)34)11-33-9-5-14(6-10-33)28-8-4-7-27-3/h5-6,9-10,16,21,27H,4,7-8,11-12H2,1-3H3,(H5,26,29,30,32,35,37,38,39,40)/p+1. The van der Waals surface area contributed by atoms with Crippen molar-refractivity contribution in [3.8, 4) is 0 Å². The van der Waals surface area contributed by atoms with E-state index in [0.29, 0.717) is 11.3 Å². The Morgan fingerprint density at radius 3 is 2.58 bits per heavy atom. The summed E-state index contributed by atoms with van der Waals surface area (Å²) in [4.78, 5) is 60.3. The van der Waals surface area contributed by atoms with Gasteiger partial charge < -0.3 is 36.7 Å². The van der Waals surface area contributed by atoms with Gasteiger partial charge in [0.2, 0.25) is 17.1 Å². The van der Waals surface area contributed by atoms with E-state index in [1.165, 1.54) is 25.6 Å². The molecule has 2 aliphatic rings. The predicted molar refractivity (Wildman–Crippen MR) is 157 cm³/mol. The smallest absolute Gasteiger partial charge is 0.352 e. The molecule has 1 saturated heterocycles. The van der Waals surface area contributed by atoms with Gasteiger partial charge in [-0.3, -0.25) is 14.5 Å². The van der Waals surface area contributed by atoms with E-state index in [1.807, 2.05) is 36.1 Å². The largest absolute Gasteiger partial charge is 0.478 e. The van der Waals surface area contributed by atoms with Crippen LogP contribution in [-0.2, 0) is 30.6 Å². The molecule has 4 rings (SSSR count). The van der Waals surface area contributed by atoms with Crippen molar-refractivity contribution in [2.75, 3.05) is 36.9 Å². The molecular weight excluding hydrogens is 602 g/mol. The summed E-state index contributed by atoms with van der Waals surface area (Å²) in [7, 11) is 1.90. The fraction of sp³-hybridized carbons (Fsp3) is 0.440. The zero-order valence-electron chi connectivity index (χ0n) is 23.6. The highest BCUT2D eigenvalue weighted by atomic mass is 32.2. The number of nitrogens with two attached hydrogens (primary N) is 1. The molecular formula is C25H32N9O7S2+. The number of pyridine rings is 1. The van der Waals surface area contributed by atoms with Gasteiger partial charge in [0.25, 0.3) is 11.8 Å². The molecule has 0 spiro atoms. The molecule has 1 fully saturated rings. The van der Waals surface area contributed by atoms with Crippen LogP contribution in [0.15, 0.2) is 41.0 Å². The predicted octanol–water partition coefficient (Wildman–Crippen LogP) is -0.548. The van der Waals surface area contributed by atoms with E-state index in [1.54, 1.807) is 0 Å². The Labute approximate surface area is 254 Å². The maximum absolute atomic E-state index is 13.2. The lowest BCUT2D eigenvalue weighted by Gasteiger charge is -2.49. The first-order chi connectivity index (χ1) is 20.4. The number of β-lactam (4-membered cyclic amide) rings is 1. The Hall–Kier alpha value is -4.29. The molecule has 0 radical (unpaired) electrons. The molecule has 0 aromatic carbocycles. The maximum Gasteiger partial charge on any atom is 0.352 e. The summed E-state index contributed by atoms with van der Waals surface area (Å²) in [6, 6.07) is 2.71. The highest BCUT2D eigenvalue weighted by Crippen LogP contribution is 2.40. The Bertz CT molecular complexity index is 1460. The molecule has 0 saturated carbocycles. The SMILES string of the molecule is CNCCCNc1cc[n+](CC2=C(C(=O)O)N3C(=O)C(NC(=O)C(=NOC(C)(C)C(=O)O)c4nsc(N)n4)C3SC2)cc1. The number of nitrogens with one attached hydrogen (secondary N) is 3. The van der Waals surface area contributed by atoms with E-state index in [4.69, 9.17) is 10.6 Å². The fourth-order valence-corrected chi connectivity index (χ4v) is 5.90. The van der Waals surface area contributed by atoms with Crippen LogP contribution in [0.25, 0.3) is 0 Å². The van der Waals surface area contributed by atoms with Crippen LogP contribution in [0, 0.1) is 0 Å². The van der Waals surface area contributed by atoms with E-state index >= 15 is 0 Å². The highest BCUT2D eigenvalue weighted by molar-refractivity contribution is 8.00. The lowest BCUT2D eigenvalue weighted by Crippen LogP contribution is -2.71. The summed E-state index contributed by atoms with van der Waals surface area (Å²) in [5.74, 6) is -4.04. The van der Waals surface area contributed by atoms with Crippen molar-refractivity contribution in [3.63, 3.8) is 0 Å². The van der Waals surface area contributed by atoms with Crippen molar-refractivity contribution < 1.29 is 38.8 Å². The van der Waals surface area contributed by atoms with Crippen LogP contribution in [0.1, 0.15) is 26.1 Å². The van der Waals surface area contributed by atoms with Crippen molar-refractivity contribution in [3.05, 3.63) is 41.6 Å². The number of hydrogen-bond donors (Lipinski definition) is 6. The summed E-state index contributed by atoms with van der Waals surface area (Å²) < 4.78 is 5.77. The minimum absolute atomic E-state index is 0.0267. The summed E-state index contributed by atoms with van der Waals surface area (Å²) in [6.45, 7) is 4.43. The first-order valence-electron chi connectivity index (χ1n) is 13.1. The molecule has 0 bridgehead atoms. The number of fused-ring (bicyclic) bond motifs is 1. The number of thioether (sulfide) groups is 1. The lowest BCUT2D eigenvalue weighted by molar-refractivity contribution is -0.688. The van der Waals surface area contributed by atoms with Crippen LogP contribution in [0.3, 0.4) is 0 Å². The zero-order valence-corrected chi connectivity index (χ0v) is 25.2. The van der Waals surface area contributed by atoms with E-state index in [0.717, 1.165) is 41.6 Å². The third kappa shape index (κ3) is 7.20. The van der Waals surface area contributed by atoms with Crippen LogP contribution in [0.4, 0.5) is 10.8 Å². The van der Waals surface area contributed by atoms with Crippen LogP contribution >= 0.6 is 23.3 Å². The molecule has 16 nitrogen and oxygen atoms in total. The van der Waals surface area contributed by atoms with Gasteiger partial charge in [0.1, 0.15) is 17.1 Å². The van der Waals surface area contributed by atoms with Gasteiger partial charge in [-0.25, -0.2) is 14.2 Å². The van der Waals surface area contributed by atoms with Gasteiger partial charge in [-0.05, 0) is 33.9 Å². The number of oxime groups is 1. The number of amides is 2. The highest BCUT2D eigenvalue weighted by Gasteiger charge is 2.55. The third-order valence-electron chi connectivity index (χ3n) is 6.48. The second kappa shape index (κ2) is 13.3. The second-order valence-corrected chi connectivity index (χ2v) is 12.0. The van der Waals surface area contributed by atoms with Crippen LogP contribution < -0.4 is 26.3 Å². The van der Waals surface area contributed by atoms with Gasteiger partial charge in [-0.1, -0.05) is 5.16 Å². The minimum Gasteiger partial charge on any atom is -0.478 e. The van der Waals surface area contributed by atoms with Crippen LogP contribution in [-0.4, -0.2) is 96.8 Å². The lowest BCUT2D eigenvalue weighted by atomic mass is 10.0. The summed E-state index contributed by atoms with van der Waals surface area (Å²) in [6.07, 6.45) is 4.63. The molecule has 0 aliphatic carbocycles. The number of aliphatic carboxylic acids is 2. The number of carbonyl (C=O) groups is 4. The minimum atomic E-state index is -1.78. The third-order valence-corrected chi connectivity index (χ3v) is 8.36. The van der Waals surface area contributed by atoms with E-state index in [-0.39, 0.29) is 23.2 Å². The van der Waals surface area contributed by atoms with Gasteiger partial charge in [-0.15, -0.1) is 11.8 Å². The van der Waals surface area contributed by atoms with Gasteiger partial charge in [0.15, 0.2) is 24.1 Å². The number of carbonyl (C=O) groups excluding carboxylic acids is 2. The second-order valence-electron chi connectivity index (χ2n) is 10.1. The molecule has 4 heterocycles. The first kappa shape index (κ1) is 31.6. The average molecular weight is 635 g/mol. The van der Waals surface area contributed by atoms with Crippen molar-refractivity contribution in [2.45, 2.75) is 43.8 Å². The quantitative estimate of drug-likeness (QED) is 0.0505. The van der Waals surface area contributed by atoms with Gasteiger partial charge in [0, 0.05) is 47.2 Å². The molecule has 2 aliphatic heterocycles. The molecule has 2 aromatic heterocycles. The Balaban J connectivity index is 1.47. The Kier molecular flexibility index (Phi) is 9.82. The normalized spacial score (nSPS) is 18.5. The number of nitrogens with zero attached hydrogens (tertiary/aromatic N) is 5. The molecule has 2 atom stereocenters. The molecule has 2 unspecified atom stereocenters. The van der Waals surface area contributed by atoms with E-state index < -0.39 is 46.5 Å². The summed E-state index contributed by atoms with van der Waals surface area (Å²) in [5.41, 5.74) is 4.71. The summed E-state index contributed by atoms with van der Waals surface area (Å²) >= 11 is 2.09. The molecule has 7 N–H and O–H groups in total. The fourth-order valence-electron chi connectivity index (χ4n) is 4.13. The molecule has 18 heteroatoms. The molecule has 2 aromatic rings.